The van der Waals surface area contributed by atoms with Crippen molar-refractivity contribution in [3.05, 3.63) is 24.4 Å². The number of hydrogen-bond acceptors (Lipinski definition) is 1. The summed E-state index contributed by atoms with van der Waals surface area (Å²) < 4.78 is 0. The van der Waals surface area contributed by atoms with E-state index in [-0.39, 0.29) is 6.03 Å². The van der Waals surface area contributed by atoms with Crippen LogP contribution >= 0.6 is 0 Å². The van der Waals surface area contributed by atoms with Crippen LogP contribution in [0.3, 0.4) is 0 Å². The first-order valence-electron chi connectivity index (χ1n) is 6.91. The first-order valence-corrected chi connectivity index (χ1v) is 6.91. The fourth-order valence-electron chi connectivity index (χ4n) is 1.97. The maximum Gasteiger partial charge on any atom is 0.324 e. The zero-order valence-electron chi connectivity index (χ0n) is 12.6. The molecule has 0 aliphatic carbocycles. The summed E-state index contributed by atoms with van der Waals surface area (Å²) in [5, 5.41) is 0. The Balaban J connectivity index is 0.00000137. The highest BCUT2D eigenvalue weighted by Crippen LogP contribution is 2.18. The average Bonchev–Trinajstić information content (AvgIpc) is 2.42. The molecule has 0 spiro atoms. The molecule has 3 heteroatoms. The van der Waals surface area contributed by atoms with Crippen molar-refractivity contribution < 1.29 is 4.79 Å². The van der Waals surface area contributed by atoms with Gasteiger partial charge in [0, 0.05) is 25.8 Å². The van der Waals surface area contributed by atoms with Crippen LogP contribution in [-0.4, -0.2) is 36.0 Å². The second-order valence-corrected chi connectivity index (χ2v) is 4.43. The number of allylic oxidation sites excluding steroid dienone is 2. The largest absolute Gasteiger partial charge is 0.324 e. The lowest BCUT2D eigenvalue weighted by molar-refractivity contribution is 0.152. The van der Waals surface area contributed by atoms with E-state index in [1.165, 1.54) is 0 Å². The van der Waals surface area contributed by atoms with Crippen molar-refractivity contribution in [3.8, 4) is 0 Å². The number of hydrogen-bond donors (Lipinski definition) is 0. The van der Waals surface area contributed by atoms with Gasteiger partial charge in [-0.1, -0.05) is 33.4 Å². The van der Waals surface area contributed by atoms with E-state index in [9.17, 15) is 4.79 Å². The Kier molecular flexibility index (Phi) is 8.17. The molecule has 18 heavy (non-hydrogen) atoms. The van der Waals surface area contributed by atoms with Crippen LogP contribution in [0.1, 0.15) is 40.5 Å². The van der Waals surface area contributed by atoms with Gasteiger partial charge in [0.25, 0.3) is 0 Å². The van der Waals surface area contributed by atoms with Crippen molar-refractivity contribution in [1.29, 1.82) is 0 Å². The molecular weight excluding hydrogens is 224 g/mol. The summed E-state index contributed by atoms with van der Waals surface area (Å²) in [6.07, 6.45) is 5.83. The van der Waals surface area contributed by atoms with E-state index in [4.69, 9.17) is 0 Å². The molecule has 1 heterocycles. The Hall–Kier alpha value is -1.25. The van der Waals surface area contributed by atoms with Crippen LogP contribution in [0.5, 0.6) is 0 Å². The van der Waals surface area contributed by atoms with Crippen LogP contribution in [0.4, 0.5) is 4.79 Å². The highest BCUT2D eigenvalue weighted by atomic mass is 16.2. The number of carbonyl (C=O) groups excluding carboxylic acids is 1. The number of carbonyl (C=O) groups is 1. The lowest BCUT2D eigenvalue weighted by Gasteiger charge is -2.33. The highest BCUT2D eigenvalue weighted by Gasteiger charge is 2.23. The molecule has 0 unspecified atom stereocenters. The summed E-state index contributed by atoms with van der Waals surface area (Å²) in [4.78, 5) is 15.7. The van der Waals surface area contributed by atoms with Gasteiger partial charge in [0.2, 0.25) is 0 Å². The first-order chi connectivity index (χ1) is 8.60. The molecule has 0 aromatic rings. The number of piperidine rings is 1. The Morgan fingerprint density at radius 1 is 1.33 bits per heavy atom. The topological polar surface area (TPSA) is 23.6 Å². The third-order valence-electron chi connectivity index (χ3n) is 3.23. The SMILES string of the molecule is C=C/C(=C\C)N(C)C(=O)N1CCC(C)CC1.CC. The molecule has 0 N–H and O–H groups in total. The second-order valence-electron chi connectivity index (χ2n) is 4.43. The number of likely N-dealkylation sites (tertiary alicyclic amines) is 1. The van der Waals surface area contributed by atoms with Crippen LogP contribution < -0.4 is 0 Å². The van der Waals surface area contributed by atoms with Gasteiger partial charge in [-0.15, -0.1) is 0 Å². The quantitative estimate of drug-likeness (QED) is 0.684. The first kappa shape index (κ1) is 16.8. The monoisotopic (exact) mass is 252 g/mol. The fraction of sp³-hybridized carbons (Fsp3) is 0.667. The van der Waals surface area contributed by atoms with E-state index < -0.39 is 0 Å². The van der Waals surface area contributed by atoms with E-state index in [2.05, 4.69) is 13.5 Å². The van der Waals surface area contributed by atoms with E-state index in [0.29, 0.717) is 0 Å². The minimum Gasteiger partial charge on any atom is -0.324 e. The molecular formula is C15H28N2O. The zero-order chi connectivity index (χ0) is 14.1. The van der Waals surface area contributed by atoms with Crippen LogP contribution in [-0.2, 0) is 0 Å². The molecule has 0 aromatic heterocycles. The lowest BCUT2D eigenvalue weighted by Crippen LogP contribution is -2.44. The normalized spacial score (nSPS) is 16.7. The zero-order valence-corrected chi connectivity index (χ0v) is 12.6. The Labute approximate surface area is 112 Å². The van der Waals surface area contributed by atoms with Crippen LogP contribution in [0, 0.1) is 5.92 Å². The summed E-state index contributed by atoms with van der Waals surface area (Å²) in [6.45, 7) is 13.6. The molecule has 2 amide bonds. The van der Waals surface area contributed by atoms with Crippen molar-refractivity contribution in [1.82, 2.24) is 9.80 Å². The summed E-state index contributed by atoms with van der Waals surface area (Å²) in [7, 11) is 1.80. The number of nitrogens with zero attached hydrogens (tertiary/aromatic N) is 2. The van der Waals surface area contributed by atoms with Gasteiger partial charge in [-0.2, -0.15) is 0 Å². The number of amides is 2. The van der Waals surface area contributed by atoms with Gasteiger partial charge >= 0.3 is 6.03 Å². The Bertz CT molecular complexity index is 289. The number of likely N-dealkylation sites (N-methyl/N-ethyl adjacent to an activating group) is 1. The summed E-state index contributed by atoms with van der Waals surface area (Å²) >= 11 is 0. The Morgan fingerprint density at radius 3 is 2.22 bits per heavy atom. The molecule has 1 saturated heterocycles. The molecule has 104 valence electrons. The minimum absolute atomic E-state index is 0.0832. The molecule has 3 nitrogen and oxygen atoms in total. The van der Waals surface area contributed by atoms with Gasteiger partial charge in [-0.25, -0.2) is 4.79 Å². The smallest absolute Gasteiger partial charge is 0.324 e. The van der Waals surface area contributed by atoms with Crippen molar-refractivity contribution in [3.63, 3.8) is 0 Å². The molecule has 1 aliphatic rings. The molecule has 0 bridgehead atoms. The summed E-state index contributed by atoms with van der Waals surface area (Å²) in [5.41, 5.74) is 0.864. The van der Waals surface area contributed by atoms with E-state index in [0.717, 1.165) is 37.5 Å². The van der Waals surface area contributed by atoms with Gasteiger partial charge < -0.3 is 4.90 Å². The highest BCUT2D eigenvalue weighted by molar-refractivity contribution is 5.76. The van der Waals surface area contributed by atoms with E-state index >= 15 is 0 Å². The maximum absolute atomic E-state index is 12.1. The summed E-state index contributed by atoms with van der Waals surface area (Å²) in [6, 6.07) is 0.0832. The van der Waals surface area contributed by atoms with Gasteiger partial charge in [0.15, 0.2) is 0 Å². The van der Waals surface area contributed by atoms with Gasteiger partial charge in [-0.3, -0.25) is 4.90 Å². The van der Waals surface area contributed by atoms with Gasteiger partial charge in [0.05, 0.1) is 0 Å². The van der Waals surface area contributed by atoms with E-state index in [1.54, 1.807) is 18.0 Å². The third kappa shape index (κ3) is 4.55. The van der Waals surface area contributed by atoms with Crippen LogP contribution in [0.15, 0.2) is 24.4 Å². The molecule has 0 saturated carbocycles. The minimum atomic E-state index is 0.0832. The average molecular weight is 252 g/mol. The molecule has 1 rings (SSSR count). The van der Waals surface area contributed by atoms with E-state index in [1.807, 2.05) is 31.7 Å². The van der Waals surface area contributed by atoms with Gasteiger partial charge in [0.1, 0.15) is 0 Å². The lowest BCUT2D eigenvalue weighted by atomic mass is 9.99. The number of urea groups is 1. The fourth-order valence-corrected chi connectivity index (χ4v) is 1.97. The van der Waals surface area contributed by atoms with Crippen molar-refractivity contribution in [2.24, 2.45) is 5.92 Å². The molecule has 0 atom stereocenters. The van der Waals surface area contributed by atoms with Crippen LogP contribution in [0.25, 0.3) is 0 Å². The molecule has 1 aliphatic heterocycles. The van der Waals surface area contributed by atoms with Crippen molar-refractivity contribution >= 4 is 6.03 Å². The second kappa shape index (κ2) is 8.78. The predicted molar refractivity (Wildman–Crippen MR) is 78.4 cm³/mol. The Morgan fingerprint density at radius 2 is 1.83 bits per heavy atom. The predicted octanol–water partition coefficient (Wildman–Crippen LogP) is 3.89. The molecule has 0 radical (unpaired) electrons. The van der Waals surface area contributed by atoms with Gasteiger partial charge in [-0.05, 0) is 31.8 Å². The third-order valence-corrected chi connectivity index (χ3v) is 3.23. The summed E-state index contributed by atoms with van der Waals surface area (Å²) in [5.74, 6) is 0.745. The standard InChI is InChI=1S/C13H22N2O.C2H6/c1-5-12(6-2)14(4)13(16)15-9-7-11(3)8-10-15;1-2/h5-6,11H,1,7-10H2,2-4H3;1-2H3/b12-6+;. The van der Waals surface area contributed by atoms with Crippen molar-refractivity contribution in [2.45, 2.75) is 40.5 Å². The maximum atomic E-state index is 12.1. The molecule has 0 aromatic carbocycles. The number of rotatable bonds is 2. The van der Waals surface area contributed by atoms with Crippen molar-refractivity contribution in [2.75, 3.05) is 20.1 Å². The molecule has 1 fully saturated rings. The van der Waals surface area contributed by atoms with Crippen LogP contribution in [0.2, 0.25) is 0 Å².